The van der Waals surface area contributed by atoms with Crippen LogP contribution in [0.5, 0.6) is 0 Å². The van der Waals surface area contributed by atoms with Gasteiger partial charge in [-0.25, -0.2) is 4.79 Å². The van der Waals surface area contributed by atoms with E-state index in [1.807, 2.05) is 0 Å². The molecule has 25 heavy (non-hydrogen) atoms. The van der Waals surface area contributed by atoms with E-state index >= 15 is 0 Å². The SMILES string of the molecule is CSc1ccc(CNC(=O)N2CCCCC2CN2CCOCC2)cc1. The van der Waals surface area contributed by atoms with E-state index in [9.17, 15) is 4.79 Å². The number of morpholine rings is 1. The lowest BCUT2D eigenvalue weighted by atomic mass is 10.0. The predicted octanol–water partition coefficient (Wildman–Crippen LogP) is 2.80. The Kier molecular flexibility index (Phi) is 7.02. The van der Waals surface area contributed by atoms with Gasteiger partial charge in [0.15, 0.2) is 0 Å². The third-order valence-electron chi connectivity index (χ3n) is 5.06. The maximum Gasteiger partial charge on any atom is 0.317 e. The fraction of sp³-hybridized carbons (Fsp3) is 0.632. The molecule has 1 atom stereocenters. The molecular weight excluding hydrogens is 334 g/mol. The van der Waals surface area contributed by atoms with Gasteiger partial charge in [-0.3, -0.25) is 4.90 Å². The molecule has 0 saturated carbocycles. The van der Waals surface area contributed by atoms with Crippen LogP contribution in [0.25, 0.3) is 0 Å². The molecule has 0 radical (unpaired) electrons. The minimum atomic E-state index is 0.0758. The Morgan fingerprint density at radius 1 is 1.20 bits per heavy atom. The van der Waals surface area contributed by atoms with Gasteiger partial charge in [0, 0.05) is 43.7 Å². The number of likely N-dealkylation sites (tertiary alicyclic amines) is 1. The molecule has 2 amide bonds. The van der Waals surface area contributed by atoms with E-state index in [0.717, 1.165) is 57.8 Å². The topological polar surface area (TPSA) is 44.8 Å². The molecular formula is C19H29N3O2S. The molecule has 5 nitrogen and oxygen atoms in total. The molecule has 2 aliphatic heterocycles. The number of hydrogen-bond donors (Lipinski definition) is 1. The Morgan fingerprint density at radius 3 is 2.68 bits per heavy atom. The number of piperidine rings is 1. The van der Waals surface area contributed by atoms with Gasteiger partial charge in [0.1, 0.15) is 0 Å². The highest BCUT2D eigenvalue weighted by atomic mass is 32.2. The van der Waals surface area contributed by atoms with Crippen molar-refractivity contribution in [1.29, 1.82) is 0 Å². The van der Waals surface area contributed by atoms with E-state index in [1.54, 1.807) is 11.8 Å². The van der Waals surface area contributed by atoms with Crippen LogP contribution in [0.15, 0.2) is 29.2 Å². The van der Waals surface area contributed by atoms with Gasteiger partial charge in [0.2, 0.25) is 0 Å². The number of thioether (sulfide) groups is 1. The first-order valence-electron chi connectivity index (χ1n) is 9.24. The lowest BCUT2D eigenvalue weighted by molar-refractivity contribution is 0.0221. The van der Waals surface area contributed by atoms with Crippen molar-refractivity contribution in [3.63, 3.8) is 0 Å². The van der Waals surface area contributed by atoms with E-state index in [0.29, 0.717) is 12.6 Å². The van der Waals surface area contributed by atoms with E-state index < -0.39 is 0 Å². The summed E-state index contributed by atoms with van der Waals surface area (Å²) in [6.07, 6.45) is 5.50. The zero-order valence-corrected chi connectivity index (χ0v) is 15.9. The molecule has 0 spiro atoms. The van der Waals surface area contributed by atoms with Gasteiger partial charge in [-0.15, -0.1) is 11.8 Å². The standard InChI is InChI=1S/C19H29N3O2S/c1-25-18-7-5-16(6-8-18)14-20-19(23)22-9-3-2-4-17(22)15-21-10-12-24-13-11-21/h5-8,17H,2-4,9-15H2,1H3,(H,20,23). The fourth-order valence-corrected chi connectivity index (χ4v) is 3.97. The van der Waals surface area contributed by atoms with Crippen LogP contribution in [-0.2, 0) is 11.3 Å². The summed E-state index contributed by atoms with van der Waals surface area (Å²) >= 11 is 1.73. The summed E-state index contributed by atoms with van der Waals surface area (Å²) in [5.41, 5.74) is 1.15. The van der Waals surface area contributed by atoms with E-state index in [2.05, 4.69) is 45.6 Å². The quantitative estimate of drug-likeness (QED) is 0.817. The molecule has 1 aromatic rings. The molecule has 0 bridgehead atoms. The molecule has 3 rings (SSSR count). The number of ether oxygens (including phenoxy) is 1. The Balaban J connectivity index is 1.52. The molecule has 1 N–H and O–H groups in total. The second kappa shape index (κ2) is 9.46. The molecule has 1 aromatic carbocycles. The van der Waals surface area contributed by atoms with Crippen LogP contribution < -0.4 is 5.32 Å². The summed E-state index contributed by atoms with van der Waals surface area (Å²) < 4.78 is 5.43. The molecule has 138 valence electrons. The van der Waals surface area contributed by atoms with Crippen molar-refractivity contribution in [2.75, 3.05) is 45.6 Å². The molecule has 2 saturated heterocycles. The van der Waals surface area contributed by atoms with Crippen LogP contribution >= 0.6 is 11.8 Å². The van der Waals surface area contributed by atoms with Crippen molar-refractivity contribution in [3.8, 4) is 0 Å². The second-order valence-electron chi connectivity index (χ2n) is 6.76. The van der Waals surface area contributed by atoms with Gasteiger partial charge in [-0.1, -0.05) is 12.1 Å². The first-order chi connectivity index (χ1) is 12.3. The number of nitrogens with one attached hydrogen (secondary N) is 1. The third-order valence-corrected chi connectivity index (χ3v) is 5.81. The molecule has 2 heterocycles. The van der Waals surface area contributed by atoms with Gasteiger partial charge in [-0.05, 0) is 43.2 Å². The smallest absolute Gasteiger partial charge is 0.317 e. The molecule has 6 heteroatoms. The van der Waals surface area contributed by atoms with Crippen molar-refractivity contribution in [1.82, 2.24) is 15.1 Å². The minimum Gasteiger partial charge on any atom is -0.379 e. The van der Waals surface area contributed by atoms with Crippen molar-refractivity contribution in [3.05, 3.63) is 29.8 Å². The van der Waals surface area contributed by atoms with Crippen molar-refractivity contribution < 1.29 is 9.53 Å². The summed E-state index contributed by atoms with van der Waals surface area (Å²) in [6.45, 7) is 6.01. The van der Waals surface area contributed by atoms with Gasteiger partial charge < -0.3 is 15.0 Å². The van der Waals surface area contributed by atoms with Crippen LogP contribution in [0, 0.1) is 0 Å². The monoisotopic (exact) mass is 363 g/mol. The summed E-state index contributed by atoms with van der Waals surface area (Å²) in [5.74, 6) is 0. The predicted molar refractivity (Wildman–Crippen MR) is 102 cm³/mol. The molecule has 0 aromatic heterocycles. The van der Waals surface area contributed by atoms with E-state index in [-0.39, 0.29) is 6.03 Å². The zero-order valence-electron chi connectivity index (χ0n) is 15.1. The number of hydrogen-bond acceptors (Lipinski definition) is 4. The number of nitrogens with zero attached hydrogens (tertiary/aromatic N) is 2. The number of carbonyl (C=O) groups is 1. The van der Waals surface area contributed by atoms with E-state index in [1.165, 1.54) is 11.3 Å². The molecule has 1 unspecified atom stereocenters. The second-order valence-corrected chi connectivity index (χ2v) is 7.64. The lowest BCUT2D eigenvalue weighted by Crippen LogP contribution is -2.53. The molecule has 2 aliphatic rings. The summed E-state index contributed by atoms with van der Waals surface area (Å²) in [5, 5.41) is 3.11. The average Bonchev–Trinajstić information content (AvgIpc) is 2.68. The fourth-order valence-electron chi connectivity index (χ4n) is 3.56. The van der Waals surface area contributed by atoms with Crippen LogP contribution in [-0.4, -0.2) is 67.5 Å². The number of amides is 2. The first kappa shape index (κ1) is 18.5. The summed E-state index contributed by atoms with van der Waals surface area (Å²) in [4.78, 5) is 18.4. The number of rotatable bonds is 5. The zero-order chi connectivity index (χ0) is 17.5. The lowest BCUT2D eigenvalue weighted by Gasteiger charge is -2.39. The average molecular weight is 364 g/mol. The van der Waals surface area contributed by atoms with Crippen LogP contribution in [0.3, 0.4) is 0 Å². The van der Waals surface area contributed by atoms with Gasteiger partial charge in [0.05, 0.1) is 13.2 Å². The van der Waals surface area contributed by atoms with Gasteiger partial charge in [-0.2, -0.15) is 0 Å². The van der Waals surface area contributed by atoms with Crippen molar-refractivity contribution >= 4 is 17.8 Å². The van der Waals surface area contributed by atoms with Crippen LogP contribution in [0.2, 0.25) is 0 Å². The largest absolute Gasteiger partial charge is 0.379 e. The van der Waals surface area contributed by atoms with Gasteiger partial charge in [0.25, 0.3) is 0 Å². The first-order valence-corrected chi connectivity index (χ1v) is 10.5. The highest BCUT2D eigenvalue weighted by Gasteiger charge is 2.28. The maximum absolute atomic E-state index is 12.7. The number of benzene rings is 1. The molecule has 0 aliphatic carbocycles. The highest BCUT2D eigenvalue weighted by molar-refractivity contribution is 7.98. The highest BCUT2D eigenvalue weighted by Crippen LogP contribution is 2.19. The van der Waals surface area contributed by atoms with Crippen LogP contribution in [0.1, 0.15) is 24.8 Å². The normalized spacial score (nSPS) is 22.0. The van der Waals surface area contributed by atoms with Crippen molar-refractivity contribution in [2.45, 2.75) is 36.7 Å². The Hall–Kier alpha value is -1.24. The summed E-state index contributed by atoms with van der Waals surface area (Å²) in [7, 11) is 0. The van der Waals surface area contributed by atoms with Crippen molar-refractivity contribution in [2.24, 2.45) is 0 Å². The van der Waals surface area contributed by atoms with Crippen LogP contribution in [0.4, 0.5) is 4.79 Å². The summed E-state index contributed by atoms with van der Waals surface area (Å²) in [6, 6.07) is 8.79. The number of carbonyl (C=O) groups excluding carboxylic acids is 1. The van der Waals surface area contributed by atoms with Gasteiger partial charge >= 0.3 is 6.03 Å². The number of urea groups is 1. The molecule has 2 fully saturated rings. The third kappa shape index (κ3) is 5.36. The Labute approximate surface area is 155 Å². The Morgan fingerprint density at radius 2 is 1.96 bits per heavy atom. The minimum absolute atomic E-state index is 0.0758. The van der Waals surface area contributed by atoms with E-state index in [4.69, 9.17) is 4.74 Å². The Bertz CT molecular complexity index is 546. The maximum atomic E-state index is 12.7.